The molecule has 0 bridgehead atoms. The number of carbonyl (C=O) groups is 4. The number of likely N-dealkylation sites (tertiary alicyclic amines) is 2. The van der Waals surface area contributed by atoms with Crippen molar-refractivity contribution in [1.82, 2.24) is 29.8 Å². The SMILES string of the molecule is CCOC(=O)C1CN(C2CCN(C(=O)C(Cc3cc(Br)c(C)c(Br)c3)NC(=O)N3CCC(N4Cc5ccccc5NC4=O)CC3)CC2)CCN1C. The van der Waals surface area contributed by atoms with Crippen molar-refractivity contribution in [2.24, 2.45) is 0 Å². The average Bonchev–Trinajstić information content (AvgIpc) is 3.13. The largest absolute Gasteiger partial charge is 0.465 e. The highest BCUT2D eigenvalue weighted by Gasteiger charge is 2.38. The van der Waals surface area contributed by atoms with Crippen LogP contribution in [-0.4, -0.2) is 132 Å². The van der Waals surface area contributed by atoms with Crippen LogP contribution in [0.5, 0.6) is 0 Å². The Hall–Kier alpha value is -3.20. The Labute approximate surface area is 317 Å². The summed E-state index contributed by atoms with van der Waals surface area (Å²) in [5.74, 6) is -0.270. The lowest BCUT2D eigenvalue weighted by molar-refractivity contribution is -0.152. The Balaban J connectivity index is 1.08. The summed E-state index contributed by atoms with van der Waals surface area (Å²) < 4.78 is 7.20. The fourth-order valence-corrected chi connectivity index (χ4v) is 9.06. The van der Waals surface area contributed by atoms with Gasteiger partial charge in [-0.2, -0.15) is 0 Å². The number of ether oxygens (including phenoxy) is 1. The number of amides is 5. The van der Waals surface area contributed by atoms with Gasteiger partial charge in [0.25, 0.3) is 0 Å². The van der Waals surface area contributed by atoms with Gasteiger partial charge in [-0.1, -0.05) is 50.1 Å². The summed E-state index contributed by atoms with van der Waals surface area (Å²) in [6.45, 7) is 9.19. The third-order valence-electron chi connectivity index (χ3n) is 11.0. The number of piperidine rings is 2. The minimum absolute atomic E-state index is 0.0243. The first-order valence-electron chi connectivity index (χ1n) is 18.1. The number of likely N-dealkylation sites (N-methyl/N-ethyl adjacent to an activating group) is 1. The van der Waals surface area contributed by atoms with Crippen LogP contribution < -0.4 is 10.6 Å². The maximum Gasteiger partial charge on any atom is 0.324 e. The first-order valence-corrected chi connectivity index (χ1v) is 19.7. The van der Waals surface area contributed by atoms with Gasteiger partial charge in [0.15, 0.2) is 0 Å². The molecule has 2 N–H and O–H groups in total. The molecule has 276 valence electrons. The van der Waals surface area contributed by atoms with Gasteiger partial charge < -0.3 is 30.1 Å². The number of urea groups is 2. The first kappa shape index (κ1) is 37.6. The number of nitrogens with one attached hydrogen (secondary N) is 2. The normalized spacial score (nSPS) is 21.5. The smallest absolute Gasteiger partial charge is 0.324 e. The molecule has 4 heterocycles. The van der Waals surface area contributed by atoms with E-state index in [4.69, 9.17) is 4.74 Å². The summed E-state index contributed by atoms with van der Waals surface area (Å²) in [4.78, 5) is 63.5. The van der Waals surface area contributed by atoms with Gasteiger partial charge in [0.05, 0.1) is 6.61 Å². The van der Waals surface area contributed by atoms with Gasteiger partial charge in [-0.15, -0.1) is 0 Å². The number of piperazine rings is 1. The molecule has 0 saturated carbocycles. The van der Waals surface area contributed by atoms with Crippen LogP contribution in [-0.2, 0) is 27.3 Å². The Kier molecular flexibility index (Phi) is 12.3. The molecule has 12 nitrogen and oxygen atoms in total. The summed E-state index contributed by atoms with van der Waals surface area (Å²) in [5.41, 5.74) is 3.94. The molecule has 3 fully saturated rings. The van der Waals surface area contributed by atoms with E-state index in [-0.39, 0.29) is 42.1 Å². The lowest BCUT2D eigenvalue weighted by Gasteiger charge is -2.45. The van der Waals surface area contributed by atoms with E-state index in [1.165, 1.54) is 0 Å². The number of hydrogen-bond acceptors (Lipinski definition) is 7. The summed E-state index contributed by atoms with van der Waals surface area (Å²) in [6, 6.07) is 10.8. The molecule has 4 aliphatic rings. The van der Waals surface area contributed by atoms with Gasteiger partial charge in [-0.3, -0.25) is 19.4 Å². The van der Waals surface area contributed by atoms with Gasteiger partial charge in [0.1, 0.15) is 12.1 Å². The highest BCUT2D eigenvalue weighted by molar-refractivity contribution is 9.11. The van der Waals surface area contributed by atoms with Gasteiger partial charge in [0.2, 0.25) is 5.91 Å². The topological polar surface area (TPSA) is 118 Å². The monoisotopic (exact) mass is 829 g/mol. The van der Waals surface area contributed by atoms with Crippen LogP contribution in [0.25, 0.3) is 0 Å². The zero-order valence-electron chi connectivity index (χ0n) is 29.7. The van der Waals surface area contributed by atoms with E-state index in [1.54, 1.807) is 4.90 Å². The quantitative estimate of drug-likeness (QED) is 0.367. The summed E-state index contributed by atoms with van der Waals surface area (Å²) in [7, 11) is 1.97. The standard InChI is InChI=1S/C37H49Br2N7O5/c1-4-51-35(48)33-23-45(18-17-42(33)3)27-9-13-43(14-10-27)34(47)32(21-25-19-29(38)24(2)30(39)20-25)41-36(49)44-15-11-28(12-16-44)46-22-26-7-5-6-8-31(26)40-37(46)50/h5-8,19-20,27-28,32-33H,4,9-18,21-23H2,1-3H3,(H,40,50)(H,41,49). The number of esters is 1. The number of halogens is 2. The van der Waals surface area contributed by atoms with Gasteiger partial charge in [-0.25, -0.2) is 9.59 Å². The Morgan fingerprint density at radius 1 is 0.941 bits per heavy atom. The molecule has 0 aliphatic carbocycles. The molecule has 0 radical (unpaired) electrons. The number of rotatable bonds is 8. The third kappa shape index (κ3) is 8.72. The lowest BCUT2D eigenvalue weighted by Crippen LogP contribution is -2.60. The highest BCUT2D eigenvalue weighted by Crippen LogP contribution is 2.29. The van der Waals surface area contributed by atoms with Crippen molar-refractivity contribution in [1.29, 1.82) is 0 Å². The van der Waals surface area contributed by atoms with Crippen molar-refractivity contribution in [2.45, 2.75) is 76.7 Å². The van der Waals surface area contributed by atoms with E-state index in [9.17, 15) is 19.2 Å². The van der Waals surface area contributed by atoms with Gasteiger partial charge in [-0.05, 0) is 81.5 Å². The first-order chi connectivity index (χ1) is 24.5. The molecule has 4 aliphatic heterocycles. The molecule has 5 amide bonds. The molecular formula is C37H49Br2N7O5. The van der Waals surface area contributed by atoms with Crippen molar-refractivity contribution in [2.75, 3.05) is 64.8 Å². The van der Waals surface area contributed by atoms with Crippen molar-refractivity contribution in [3.8, 4) is 0 Å². The zero-order valence-corrected chi connectivity index (χ0v) is 32.9. The minimum Gasteiger partial charge on any atom is -0.465 e. The van der Waals surface area contributed by atoms with E-state index < -0.39 is 6.04 Å². The second kappa shape index (κ2) is 16.6. The Morgan fingerprint density at radius 2 is 1.59 bits per heavy atom. The molecule has 0 aromatic heterocycles. The highest BCUT2D eigenvalue weighted by atomic mass is 79.9. The van der Waals surface area contributed by atoms with E-state index in [0.29, 0.717) is 65.1 Å². The van der Waals surface area contributed by atoms with E-state index in [2.05, 4.69) is 52.3 Å². The average molecular weight is 832 g/mol. The van der Waals surface area contributed by atoms with E-state index >= 15 is 0 Å². The van der Waals surface area contributed by atoms with Crippen LogP contribution >= 0.6 is 31.9 Å². The zero-order chi connectivity index (χ0) is 36.2. The molecule has 14 heteroatoms. The van der Waals surface area contributed by atoms with Crippen LogP contribution in [0.15, 0.2) is 45.3 Å². The third-order valence-corrected chi connectivity index (χ3v) is 12.6. The molecule has 6 rings (SSSR count). The number of nitrogens with zero attached hydrogens (tertiary/aromatic N) is 5. The maximum atomic E-state index is 14.2. The second-order valence-electron chi connectivity index (χ2n) is 14.1. The van der Waals surface area contributed by atoms with Crippen LogP contribution in [0.3, 0.4) is 0 Å². The summed E-state index contributed by atoms with van der Waals surface area (Å²) >= 11 is 7.29. The fourth-order valence-electron chi connectivity index (χ4n) is 7.78. The van der Waals surface area contributed by atoms with Gasteiger partial charge in [0, 0.05) is 85.5 Å². The maximum absolute atomic E-state index is 14.2. The molecule has 0 spiro atoms. The predicted molar refractivity (Wildman–Crippen MR) is 202 cm³/mol. The van der Waals surface area contributed by atoms with Crippen LogP contribution in [0.2, 0.25) is 0 Å². The predicted octanol–water partition coefficient (Wildman–Crippen LogP) is 4.82. The Morgan fingerprint density at radius 3 is 2.27 bits per heavy atom. The number of fused-ring (bicyclic) bond motifs is 1. The number of para-hydroxylation sites is 1. The number of hydrogen-bond donors (Lipinski definition) is 2. The number of benzene rings is 2. The molecule has 2 aromatic rings. The molecule has 51 heavy (non-hydrogen) atoms. The van der Waals surface area contributed by atoms with E-state index in [1.807, 2.05) is 67.1 Å². The van der Waals surface area contributed by atoms with Crippen LogP contribution in [0.4, 0.5) is 15.3 Å². The van der Waals surface area contributed by atoms with Crippen LogP contribution in [0, 0.1) is 6.92 Å². The van der Waals surface area contributed by atoms with Crippen molar-refractivity contribution in [3.05, 3.63) is 62.0 Å². The number of carbonyl (C=O) groups excluding carboxylic acids is 4. The van der Waals surface area contributed by atoms with Gasteiger partial charge >= 0.3 is 18.0 Å². The van der Waals surface area contributed by atoms with Crippen molar-refractivity contribution >= 4 is 61.5 Å². The summed E-state index contributed by atoms with van der Waals surface area (Å²) in [5, 5.41) is 6.12. The Bertz CT molecular complexity index is 1590. The van der Waals surface area contributed by atoms with Crippen LogP contribution in [0.1, 0.15) is 49.3 Å². The van der Waals surface area contributed by atoms with E-state index in [0.717, 1.165) is 57.3 Å². The molecular weight excluding hydrogens is 782 g/mol. The van der Waals surface area contributed by atoms with Crippen molar-refractivity contribution < 1.29 is 23.9 Å². The minimum atomic E-state index is -0.741. The molecule has 2 aromatic carbocycles. The summed E-state index contributed by atoms with van der Waals surface area (Å²) in [6.07, 6.45) is 3.28. The molecule has 2 atom stereocenters. The van der Waals surface area contributed by atoms with Crippen molar-refractivity contribution in [3.63, 3.8) is 0 Å². The fraction of sp³-hybridized carbons (Fsp3) is 0.568. The lowest BCUT2D eigenvalue weighted by atomic mass is 9.98. The molecule has 3 saturated heterocycles. The number of anilines is 1. The molecule has 2 unspecified atom stereocenters. The second-order valence-corrected chi connectivity index (χ2v) is 15.8.